The van der Waals surface area contributed by atoms with Crippen LogP contribution in [0, 0.1) is 17.1 Å². The summed E-state index contributed by atoms with van der Waals surface area (Å²) in [4.78, 5) is 14.8. The summed E-state index contributed by atoms with van der Waals surface area (Å²) in [6, 6.07) is 9.45. The van der Waals surface area contributed by atoms with Crippen molar-refractivity contribution in [2.45, 2.75) is 19.4 Å². The van der Waals surface area contributed by atoms with E-state index >= 15 is 0 Å². The molecule has 3 aromatic rings. The van der Waals surface area contributed by atoms with E-state index in [4.69, 9.17) is 5.26 Å². The Morgan fingerprint density at radius 1 is 1.39 bits per heavy atom. The van der Waals surface area contributed by atoms with E-state index in [9.17, 15) is 9.18 Å². The Balaban J connectivity index is 2.11. The average Bonchev–Trinajstić information content (AvgIpc) is 2.90. The van der Waals surface area contributed by atoms with Crippen molar-refractivity contribution in [2.75, 3.05) is 5.32 Å². The summed E-state index contributed by atoms with van der Waals surface area (Å²) < 4.78 is 14.7. The van der Waals surface area contributed by atoms with Gasteiger partial charge in [0.2, 0.25) is 0 Å². The van der Waals surface area contributed by atoms with E-state index in [1.165, 1.54) is 12.1 Å². The molecule has 7 heteroatoms. The maximum absolute atomic E-state index is 13.0. The minimum Gasteiger partial charge on any atom is -0.338 e. The lowest BCUT2D eigenvalue weighted by molar-refractivity contribution is 0.518. The fourth-order valence-corrected chi connectivity index (χ4v) is 2.41. The fraction of sp³-hybridized carbons (Fsp3) is 0.188. The van der Waals surface area contributed by atoms with Crippen LogP contribution < -0.4 is 10.9 Å². The number of fused-ring (bicyclic) bond motifs is 1. The monoisotopic (exact) mass is 311 g/mol. The van der Waals surface area contributed by atoms with Crippen LogP contribution in [0.5, 0.6) is 0 Å². The molecule has 0 bridgehead atoms. The Bertz CT molecular complexity index is 936. The molecule has 0 aliphatic heterocycles. The third-order valence-corrected chi connectivity index (χ3v) is 3.54. The number of hydrogen-bond acceptors (Lipinski definition) is 4. The second-order valence-electron chi connectivity index (χ2n) is 5.20. The molecule has 0 aliphatic carbocycles. The summed E-state index contributed by atoms with van der Waals surface area (Å²) in [7, 11) is 0. The average molecular weight is 311 g/mol. The van der Waals surface area contributed by atoms with Gasteiger partial charge in [-0.05, 0) is 37.3 Å². The molecular formula is C16H14FN5O. The lowest BCUT2D eigenvalue weighted by Crippen LogP contribution is -2.08. The van der Waals surface area contributed by atoms with E-state index in [0.29, 0.717) is 22.4 Å². The van der Waals surface area contributed by atoms with E-state index < -0.39 is 0 Å². The summed E-state index contributed by atoms with van der Waals surface area (Å²) >= 11 is 0. The maximum atomic E-state index is 13.0. The second kappa shape index (κ2) is 5.93. The highest BCUT2D eigenvalue weighted by Gasteiger charge is 2.17. The molecule has 3 rings (SSSR count). The number of hydrogen-bond donors (Lipinski definition) is 2. The fourth-order valence-electron chi connectivity index (χ4n) is 2.41. The molecule has 0 fully saturated rings. The maximum Gasteiger partial charge on any atom is 0.261 e. The van der Waals surface area contributed by atoms with E-state index in [1.54, 1.807) is 29.1 Å². The molecule has 1 atom stereocenters. The Hall–Kier alpha value is -3.14. The first kappa shape index (κ1) is 14.8. The Labute approximate surface area is 131 Å². The summed E-state index contributed by atoms with van der Waals surface area (Å²) in [5.41, 5.74) is 0.984. The highest BCUT2D eigenvalue weighted by atomic mass is 19.1. The van der Waals surface area contributed by atoms with Crippen molar-refractivity contribution in [3.05, 3.63) is 52.7 Å². The largest absolute Gasteiger partial charge is 0.338 e. The van der Waals surface area contributed by atoms with E-state index in [0.717, 1.165) is 0 Å². The molecule has 0 saturated heterocycles. The first-order valence-electron chi connectivity index (χ1n) is 7.09. The van der Waals surface area contributed by atoms with Crippen molar-refractivity contribution in [2.24, 2.45) is 0 Å². The molecule has 116 valence electrons. The zero-order chi connectivity index (χ0) is 16.4. The van der Waals surface area contributed by atoms with Crippen LogP contribution in [0.15, 0.2) is 41.3 Å². The van der Waals surface area contributed by atoms with Crippen LogP contribution in [0.2, 0.25) is 0 Å². The zero-order valence-corrected chi connectivity index (χ0v) is 12.4. The second-order valence-corrected chi connectivity index (χ2v) is 5.20. The minimum atomic E-state index is -0.341. The zero-order valence-electron chi connectivity index (χ0n) is 12.4. The van der Waals surface area contributed by atoms with Crippen molar-refractivity contribution in [1.82, 2.24) is 14.8 Å². The lowest BCUT2D eigenvalue weighted by atomic mass is 10.2. The van der Waals surface area contributed by atoms with Gasteiger partial charge in [0.25, 0.3) is 5.56 Å². The SMILES string of the molecule is C[C@@H](CC#N)n1nc(Nc2ccc(F)cc2)c2c(=O)[nH]ccc21. The first-order chi connectivity index (χ1) is 11.1. The third kappa shape index (κ3) is 2.79. The number of H-pyrrole nitrogens is 1. The highest BCUT2D eigenvalue weighted by Crippen LogP contribution is 2.26. The number of nitrogens with zero attached hydrogens (tertiary/aromatic N) is 3. The predicted octanol–water partition coefficient (Wildman–Crippen LogP) is 3.08. The highest BCUT2D eigenvalue weighted by molar-refractivity contribution is 5.91. The van der Waals surface area contributed by atoms with Crippen molar-refractivity contribution >= 4 is 22.4 Å². The van der Waals surface area contributed by atoms with Gasteiger partial charge in [-0.2, -0.15) is 10.4 Å². The molecule has 0 amide bonds. The van der Waals surface area contributed by atoms with Gasteiger partial charge in [-0.25, -0.2) is 4.39 Å². The van der Waals surface area contributed by atoms with Crippen LogP contribution in [0.4, 0.5) is 15.9 Å². The van der Waals surface area contributed by atoms with Crippen LogP contribution in [0.3, 0.4) is 0 Å². The topological polar surface area (TPSA) is 86.5 Å². The summed E-state index contributed by atoms with van der Waals surface area (Å²) in [6.07, 6.45) is 1.82. The summed E-state index contributed by atoms with van der Waals surface area (Å²) in [6.45, 7) is 1.86. The lowest BCUT2D eigenvalue weighted by Gasteiger charge is -2.08. The third-order valence-electron chi connectivity index (χ3n) is 3.54. The number of halogens is 1. The summed E-state index contributed by atoms with van der Waals surface area (Å²) in [5, 5.41) is 16.7. The van der Waals surface area contributed by atoms with Crippen LogP contribution >= 0.6 is 0 Å². The van der Waals surface area contributed by atoms with Gasteiger partial charge >= 0.3 is 0 Å². The van der Waals surface area contributed by atoms with Crippen molar-refractivity contribution < 1.29 is 4.39 Å². The molecule has 2 heterocycles. The van der Waals surface area contributed by atoms with Crippen molar-refractivity contribution in [3.8, 4) is 6.07 Å². The molecule has 0 radical (unpaired) electrons. The van der Waals surface area contributed by atoms with Gasteiger partial charge in [-0.15, -0.1) is 0 Å². The quantitative estimate of drug-likeness (QED) is 0.775. The molecule has 0 spiro atoms. The van der Waals surface area contributed by atoms with Gasteiger partial charge < -0.3 is 10.3 Å². The smallest absolute Gasteiger partial charge is 0.261 e. The van der Waals surface area contributed by atoms with Gasteiger partial charge in [-0.1, -0.05) is 0 Å². The predicted molar refractivity (Wildman–Crippen MR) is 85.0 cm³/mol. The molecule has 23 heavy (non-hydrogen) atoms. The van der Waals surface area contributed by atoms with Crippen molar-refractivity contribution in [1.29, 1.82) is 5.26 Å². The molecule has 0 saturated carbocycles. The molecule has 0 unspecified atom stereocenters. The van der Waals surface area contributed by atoms with Gasteiger partial charge in [0, 0.05) is 11.9 Å². The Morgan fingerprint density at radius 3 is 2.83 bits per heavy atom. The first-order valence-corrected chi connectivity index (χ1v) is 7.09. The van der Waals surface area contributed by atoms with Crippen LogP contribution in [0.1, 0.15) is 19.4 Å². The van der Waals surface area contributed by atoms with E-state index in [2.05, 4.69) is 21.5 Å². The molecule has 2 N–H and O–H groups in total. The van der Waals surface area contributed by atoms with Gasteiger partial charge in [-0.3, -0.25) is 9.48 Å². The van der Waals surface area contributed by atoms with Gasteiger partial charge in [0.05, 0.1) is 24.0 Å². The number of aromatic nitrogens is 3. The van der Waals surface area contributed by atoms with E-state index in [-0.39, 0.29) is 23.8 Å². The molecule has 1 aromatic carbocycles. The molecule has 0 aliphatic rings. The van der Waals surface area contributed by atoms with Crippen LogP contribution in [-0.4, -0.2) is 14.8 Å². The van der Waals surface area contributed by atoms with Gasteiger partial charge in [0.1, 0.15) is 11.2 Å². The van der Waals surface area contributed by atoms with Crippen molar-refractivity contribution in [3.63, 3.8) is 0 Å². The molecule has 2 aromatic heterocycles. The number of anilines is 2. The number of pyridine rings is 1. The Morgan fingerprint density at radius 2 is 2.13 bits per heavy atom. The summed E-state index contributed by atoms with van der Waals surface area (Å²) in [5.74, 6) is 0.0321. The number of nitrogens with one attached hydrogen (secondary N) is 2. The number of rotatable bonds is 4. The number of aromatic amines is 1. The van der Waals surface area contributed by atoms with E-state index in [1.807, 2.05) is 6.92 Å². The Kier molecular flexibility index (Phi) is 3.81. The molecule has 6 nitrogen and oxygen atoms in total. The number of benzene rings is 1. The van der Waals surface area contributed by atoms with Crippen LogP contribution in [0.25, 0.3) is 10.9 Å². The van der Waals surface area contributed by atoms with Gasteiger partial charge in [0.15, 0.2) is 5.82 Å². The normalized spacial score (nSPS) is 12.0. The minimum absolute atomic E-state index is 0.173. The number of nitriles is 1. The standard InChI is InChI=1S/C16H14FN5O/c1-10(6-8-18)22-13-7-9-19-16(23)14(13)15(21-22)20-12-4-2-11(17)3-5-12/h2-5,7,9-10H,6H2,1H3,(H,19,23)(H,20,21)/t10-/m0/s1. The van der Waals surface area contributed by atoms with Crippen LogP contribution in [-0.2, 0) is 0 Å². The molecular weight excluding hydrogens is 297 g/mol.